The van der Waals surface area contributed by atoms with E-state index in [9.17, 15) is 23.2 Å². The lowest BCUT2D eigenvalue weighted by Crippen LogP contribution is -2.04. The van der Waals surface area contributed by atoms with Crippen molar-refractivity contribution in [3.63, 3.8) is 0 Å². The van der Waals surface area contributed by atoms with Crippen LogP contribution >= 0.6 is 34.5 Å². The number of allylic oxidation sites excluding steroid dienone is 1. The Morgan fingerprint density at radius 1 is 1.03 bits per heavy atom. The molecule has 5 rings (SSSR count). The summed E-state index contributed by atoms with van der Waals surface area (Å²) in [5.74, 6) is 0.309. The normalized spacial score (nSPS) is 12.2. The topological polar surface area (TPSA) is 80.0 Å². The maximum Gasteiger partial charge on any atom is 0.416 e. The Morgan fingerprint density at radius 2 is 1.84 bits per heavy atom. The average molecular weight is 559 g/mol. The third-order valence-electron chi connectivity index (χ3n) is 5.30. The first-order valence-electron chi connectivity index (χ1n) is 10.4. The lowest BCUT2D eigenvalue weighted by atomic mass is 10.1. The predicted molar refractivity (Wildman–Crippen MR) is 136 cm³/mol. The predicted octanol–water partition coefficient (Wildman–Crippen LogP) is 8.57. The van der Waals surface area contributed by atoms with Gasteiger partial charge in [0.1, 0.15) is 28.2 Å². The second-order valence-electron chi connectivity index (χ2n) is 7.73. The molecule has 3 aromatic heterocycles. The van der Waals surface area contributed by atoms with E-state index in [0.717, 1.165) is 29.5 Å². The van der Waals surface area contributed by atoms with Crippen LogP contribution in [0.25, 0.3) is 45.2 Å². The summed E-state index contributed by atoms with van der Waals surface area (Å²) >= 11 is 13.3. The van der Waals surface area contributed by atoms with Crippen molar-refractivity contribution in [2.45, 2.75) is 6.18 Å². The van der Waals surface area contributed by atoms with Gasteiger partial charge in [0, 0.05) is 27.4 Å². The van der Waals surface area contributed by atoms with Crippen molar-refractivity contribution in [1.82, 2.24) is 4.98 Å². The van der Waals surface area contributed by atoms with Crippen molar-refractivity contribution in [1.29, 1.82) is 5.26 Å². The Morgan fingerprint density at radius 3 is 2.59 bits per heavy atom. The molecule has 0 spiro atoms. The quantitative estimate of drug-likeness (QED) is 0.163. The van der Waals surface area contributed by atoms with Gasteiger partial charge >= 0.3 is 11.8 Å². The van der Waals surface area contributed by atoms with Crippen LogP contribution in [0.5, 0.6) is 0 Å². The molecule has 0 fully saturated rings. The molecule has 11 heteroatoms. The van der Waals surface area contributed by atoms with Crippen molar-refractivity contribution >= 4 is 57.2 Å². The van der Waals surface area contributed by atoms with Gasteiger partial charge in [0.2, 0.25) is 0 Å². The number of fused-ring (bicyclic) bond motifs is 1. The first-order chi connectivity index (χ1) is 17.6. The summed E-state index contributed by atoms with van der Waals surface area (Å²) in [6.45, 7) is 0. The van der Waals surface area contributed by atoms with E-state index >= 15 is 0 Å². The molecule has 0 saturated carbocycles. The summed E-state index contributed by atoms with van der Waals surface area (Å²) in [6.07, 6.45) is -3.14. The first kappa shape index (κ1) is 24.8. The molecule has 2 aromatic carbocycles. The number of thiazole rings is 1. The minimum absolute atomic E-state index is 0.0642. The van der Waals surface area contributed by atoms with Crippen LogP contribution < -0.4 is 5.63 Å². The molecule has 37 heavy (non-hydrogen) atoms. The lowest BCUT2D eigenvalue weighted by Gasteiger charge is -2.09. The fraction of sp³-hybridized carbons (Fsp3) is 0.0385. The Hall–Kier alpha value is -3.84. The number of nitrogens with zero attached hydrogens (tertiary/aromatic N) is 2. The van der Waals surface area contributed by atoms with Gasteiger partial charge in [0.25, 0.3) is 0 Å². The van der Waals surface area contributed by atoms with E-state index in [2.05, 4.69) is 4.98 Å². The van der Waals surface area contributed by atoms with Crippen molar-refractivity contribution in [2.24, 2.45) is 0 Å². The van der Waals surface area contributed by atoms with Gasteiger partial charge < -0.3 is 8.83 Å². The van der Waals surface area contributed by atoms with Gasteiger partial charge in [-0.25, -0.2) is 9.78 Å². The third kappa shape index (κ3) is 5.04. The molecule has 0 atom stereocenters. The van der Waals surface area contributed by atoms with Crippen molar-refractivity contribution in [3.8, 4) is 28.7 Å². The zero-order valence-corrected chi connectivity index (χ0v) is 20.6. The molecule has 0 aliphatic rings. The SMILES string of the molecule is N#CC(=Cc1ccc(-c2cc(C(F)(F)F)ccc2Cl)o1)c1nc(-c2cc3cc(Cl)ccc3oc2=O)cs1. The van der Waals surface area contributed by atoms with E-state index in [1.807, 2.05) is 6.07 Å². The van der Waals surface area contributed by atoms with Crippen LogP contribution in [0.4, 0.5) is 13.2 Å². The summed E-state index contributed by atoms with van der Waals surface area (Å²) in [6, 6.07) is 14.4. The van der Waals surface area contributed by atoms with Gasteiger partial charge in [-0.05, 0) is 54.6 Å². The third-order valence-corrected chi connectivity index (χ3v) is 6.74. The fourth-order valence-corrected chi connectivity index (χ4v) is 4.72. The minimum Gasteiger partial charge on any atom is -0.457 e. The Bertz CT molecular complexity index is 1800. The second kappa shape index (κ2) is 9.56. The molecule has 0 bridgehead atoms. The van der Waals surface area contributed by atoms with E-state index in [0.29, 0.717) is 26.7 Å². The number of halogens is 5. The maximum absolute atomic E-state index is 13.1. The van der Waals surface area contributed by atoms with Crippen LogP contribution in [-0.2, 0) is 6.18 Å². The second-order valence-corrected chi connectivity index (χ2v) is 9.43. The number of benzene rings is 2. The molecule has 0 N–H and O–H groups in total. The molecule has 0 aliphatic heterocycles. The standard InChI is InChI=1S/C26H11Cl2F3N2O3S/c27-16-2-5-22-13(7-16)9-19(25(34)36-22)21-12-37-24(33-21)14(11-32)8-17-3-6-23(35-17)18-10-15(26(29,30)31)1-4-20(18)28/h1-10,12H. The molecule has 0 amide bonds. The molecule has 184 valence electrons. The number of rotatable bonds is 4. The number of furan rings is 1. The zero-order chi connectivity index (χ0) is 26.3. The number of hydrogen-bond donors (Lipinski definition) is 0. The van der Waals surface area contributed by atoms with Crippen LogP contribution in [0.1, 0.15) is 16.3 Å². The van der Waals surface area contributed by atoms with Gasteiger partial charge in [0.05, 0.1) is 27.4 Å². The highest BCUT2D eigenvalue weighted by Crippen LogP contribution is 2.37. The van der Waals surface area contributed by atoms with E-state index in [4.69, 9.17) is 32.0 Å². The molecule has 0 aliphatic carbocycles. The summed E-state index contributed by atoms with van der Waals surface area (Å²) in [5.41, 5.74) is -0.381. The van der Waals surface area contributed by atoms with Crippen LogP contribution in [0.3, 0.4) is 0 Å². The Labute approximate surface area is 220 Å². The summed E-state index contributed by atoms with van der Waals surface area (Å²) in [7, 11) is 0. The van der Waals surface area contributed by atoms with Gasteiger partial charge in [-0.3, -0.25) is 0 Å². The Balaban J connectivity index is 1.48. The summed E-state index contributed by atoms with van der Waals surface area (Å²) in [4.78, 5) is 16.9. The minimum atomic E-state index is -4.54. The summed E-state index contributed by atoms with van der Waals surface area (Å²) in [5, 5.41) is 12.8. The van der Waals surface area contributed by atoms with E-state index < -0.39 is 17.4 Å². The largest absolute Gasteiger partial charge is 0.457 e. The molecule has 5 nitrogen and oxygen atoms in total. The van der Waals surface area contributed by atoms with E-state index in [1.54, 1.807) is 29.6 Å². The van der Waals surface area contributed by atoms with E-state index in [-0.39, 0.29) is 33.2 Å². The fourth-order valence-electron chi connectivity index (χ4n) is 3.54. The highest BCUT2D eigenvalue weighted by molar-refractivity contribution is 7.11. The molecular weight excluding hydrogens is 548 g/mol. The van der Waals surface area contributed by atoms with Crippen LogP contribution in [0.2, 0.25) is 10.0 Å². The molecule has 3 heterocycles. The summed E-state index contributed by atoms with van der Waals surface area (Å²) < 4.78 is 50.4. The molecule has 0 radical (unpaired) electrons. The van der Waals surface area contributed by atoms with Crippen LogP contribution in [0.15, 0.2) is 73.6 Å². The number of nitriles is 1. The van der Waals surface area contributed by atoms with Crippen molar-refractivity contribution < 1.29 is 22.0 Å². The average Bonchev–Trinajstić information content (AvgIpc) is 3.52. The van der Waals surface area contributed by atoms with Gasteiger partial charge in [0.15, 0.2) is 0 Å². The zero-order valence-electron chi connectivity index (χ0n) is 18.3. The smallest absolute Gasteiger partial charge is 0.416 e. The highest BCUT2D eigenvalue weighted by Gasteiger charge is 2.31. The van der Waals surface area contributed by atoms with E-state index in [1.165, 1.54) is 18.2 Å². The Kier molecular flexibility index (Phi) is 6.42. The molecular formula is C26H11Cl2F3N2O3S. The van der Waals surface area contributed by atoms with Gasteiger partial charge in [-0.15, -0.1) is 11.3 Å². The number of alkyl halides is 3. The maximum atomic E-state index is 13.1. The van der Waals surface area contributed by atoms with Crippen LogP contribution in [0, 0.1) is 11.3 Å². The molecule has 5 aromatic rings. The first-order valence-corrected chi connectivity index (χ1v) is 12.0. The van der Waals surface area contributed by atoms with Crippen molar-refractivity contribution in [2.75, 3.05) is 0 Å². The number of aromatic nitrogens is 1. The number of hydrogen-bond acceptors (Lipinski definition) is 6. The molecule has 0 unspecified atom stereocenters. The molecule has 0 saturated heterocycles. The monoisotopic (exact) mass is 558 g/mol. The van der Waals surface area contributed by atoms with Gasteiger partial charge in [-0.1, -0.05) is 23.2 Å². The van der Waals surface area contributed by atoms with Gasteiger partial charge in [-0.2, -0.15) is 18.4 Å². The highest BCUT2D eigenvalue weighted by atomic mass is 35.5. The lowest BCUT2D eigenvalue weighted by molar-refractivity contribution is -0.137. The van der Waals surface area contributed by atoms with Crippen LogP contribution in [-0.4, -0.2) is 4.98 Å². The van der Waals surface area contributed by atoms with Crippen molar-refractivity contribution in [3.05, 3.63) is 96.8 Å².